The second-order valence-electron chi connectivity index (χ2n) is 4.69. The molecule has 0 aliphatic rings. The number of nitrogens with zero attached hydrogens (tertiary/aromatic N) is 1. The lowest BCUT2D eigenvalue weighted by Gasteiger charge is -2.08. The highest BCUT2D eigenvalue weighted by atomic mass is 32.2. The average molecular weight is 318 g/mol. The summed E-state index contributed by atoms with van der Waals surface area (Å²) in [5.41, 5.74) is 1.42. The highest BCUT2D eigenvalue weighted by molar-refractivity contribution is 7.84. The maximum absolute atomic E-state index is 12.2. The zero-order valence-electron chi connectivity index (χ0n) is 12.0. The van der Waals surface area contributed by atoms with E-state index in [0.29, 0.717) is 16.1 Å². The summed E-state index contributed by atoms with van der Waals surface area (Å²) in [6, 6.07) is 10.7. The third kappa shape index (κ3) is 3.56. The molecule has 0 spiro atoms. The molecule has 1 atom stereocenters. The smallest absolute Gasteiger partial charge is 0.271 e. The Balaban J connectivity index is 2.23. The standard InChI is InChI=1S/C15H14N2O4S/c1-10-3-6-12(17(19)20)9-14(10)16-15(18)11-4-7-13(8-5-11)22(2)21/h3-9H,1-2H3,(H,16,18). The van der Waals surface area contributed by atoms with Gasteiger partial charge in [0.15, 0.2) is 0 Å². The second-order valence-corrected chi connectivity index (χ2v) is 6.07. The van der Waals surface area contributed by atoms with Gasteiger partial charge in [0.25, 0.3) is 11.6 Å². The number of hydrogen-bond donors (Lipinski definition) is 1. The molecule has 1 unspecified atom stereocenters. The van der Waals surface area contributed by atoms with Gasteiger partial charge in [-0.15, -0.1) is 0 Å². The Kier molecular flexibility index (Phi) is 4.67. The van der Waals surface area contributed by atoms with Crippen molar-refractivity contribution < 1.29 is 13.9 Å². The van der Waals surface area contributed by atoms with Gasteiger partial charge < -0.3 is 5.32 Å². The Morgan fingerprint density at radius 3 is 2.36 bits per heavy atom. The SMILES string of the molecule is Cc1ccc([N+](=O)[O-])cc1NC(=O)c1ccc(S(C)=O)cc1. The van der Waals surface area contributed by atoms with E-state index in [4.69, 9.17) is 0 Å². The largest absolute Gasteiger partial charge is 0.321 e. The molecule has 1 N–H and O–H groups in total. The number of anilines is 1. The van der Waals surface area contributed by atoms with Crippen LogP contribution >= 0.6 is 0 Å². The fraction of sp³-hybridized carbons (Fsp3) is 0.133. The Hall–Kier alpha value is -2.54. The third-order valence-corrected chi connectivity index (χ3v) is 4.06. The first kappa shape index (κ1) is 15.8. The number of benzene rings is 2. The van der Waals surface area contributed by atoms with Gasteiger partial charge in [0, 0.05) is 39.6 Å². The Bertz CT molecular complexity index is 757. The molecular weight excluding hydrogens is 304 g/mol. The van der Waals surface area contributed by atoms with E-state index >= 15 is 0 Å². The maximum atomic E-state index is 12.2. The van der Waals surface area contributed by atoms with Gasteiger partial charge >= 0.3 is 0 Å². The molecule has 0 aliphatic carbocycles. The van der Waals surface area contributed by atoms with Crippen LogP contribution in [0.5, 0.6) is 0 Å². The highest BCUT2D eigenvalue weighted by Gasteiger charge is 2.12. The van der Waals surface area contributed by atoms with Crippen molar-refractivity contribution in [1.29, 1.82) is 0 Å². The van der Waals surface area contributed by atoms with Crippen molar-refractivity contribution in [2.75, 3.05) is 11.6 Å². The molecule has 0 saturated heterocycles. The summed E-state index contributed by atoms with van der Waals surface area (Å²) in [4.78, 5) is 23.1. The van der Waals surface area contributed by atoms with E-state index in [1.807, 2.05) is 0 Å². The van der Waals surface area contributed by atoms with Crippen molar-refractivity contribution in [2.45, 2.75) is 11.8 Å². The molecular formula is C15H14N2O4S. The van der Waals surface area contributed by atoms with Crippen LogP contribution in [-0.4, -0.2) is 21.3 Å². The van der Waals surface area contributed by atoms with Gasteiger partial charge in [0.2, 0.25) is 0 Å². The number of carbonyl (C=O) groups is 1. The van der Waals surface area contributed by atoms with E-state index in [1.54, 1.807) is 43.5 Å². The number of non-ortho nitro benzene ring substituents is 1. The first-order chi connectivity index (χ1) is 10.4. The van der Waals surface area contributed by atoms with Crippen molar-refractivity contribution in [3.8, 4) is 0 Å². The molecule has 114 valence electrons. The molecule has 0 aliphatic heterocycles. The molecule has 0 saturated carbocycles. The second kappa shape index (κ2) is 6.48. The molecule has 0 fully saturated rings. The molecule has 0 heterocycles. The molecule has 0 radical (unpaired) electrons. The van der Waals surface area contributed by atoms with Crippen LogP contribution in [0.15, 0.2) is 47.4 Å². The van der Waals surface area contributed by atoms with Gasteiger partial charge in [-0.05, 0) is 36.8 Å². The molecule has 0 bridgehead atoms. The fourth-order valence-electron chi connectivity index (χ4n) is 1.85. The molecule has 22 heavy (non-hydrogen) atoms. The number of nitrogens with one attached hydrogen (secondary N) is 1. The van der Waals surface area contributed by atoms with E-state index in [-0.39, 0.29) is 11.6 Å². The van der Waals surface area contributed by atoms with Gasteiger partial charge in [-0.3, -0.25) is 19.1 Å². The monoisotopic (exact) mass is 318 g/mol. The number of aryl methyl sites for hydroxylation is 1. The normalized spacial score (nSPS) is 11.7. The molecule has 6 nitrogen and oxygen atoms in total. The number of rotatable bonds is 4. The van der Waals surface area contributed by atoms with Crippen molar-refractivity contribution in [3.05, 3.63) is 63.7 Å². The van der Waals surface area contributed by atoms with Crippen LogP contribution in [0.4, 0.5) is 11.4 Å². The predicted octanol–water partition coefficient (Wildman–Crippen LogP) is 2.89. The summed E-state index contributed by atoms with van der Waals surface area (Å²) in [7, 11) is -1.11. The van der Waals surface area contributed by atoms with Gasteiger partial charge in [0.05, 0.1) is 10.6 Å². The Morgan fingerprint density at radius 1 is 1.18 bits per heavy atom. The number of nitro benzene ring substituents is 1. The van der Waals surface area contributed by atoms with Crippen molar-refractivity contribution >= 4 is 28.1 Å². The predicted molar refractivity (Wildman–Crippen MR) is 84.6 cm³/mol. The van der Waals surface area contributed by atoms with Crippen LogP contribution in [0.1, 0.15) is 15.9 Å². The lowest BCUT2D eigenvalue weighted by molar-refractivity contribution is -0.384. The first-order valence-electron chi connectivity index (χ1n) is 6.38. The zero-order chi connectivity index (χ0) is 16.3. The molecule has 2 rings (SSSR count). The van der Waals surface area contributed by atoms with Gasteiger partial charge in [0.1, 0.15) is 0 Å². The first-order valence-corrected chi connectivity index (χ1v) is 7.94. The third-order valence-electron chi connectivity index (χ3n) is 3.13. The summed E-state index contributed by atoms with van der Waals surface area (Å²) in [5.74, 6) is -0.378. The van der Waals surface area contributed by atoms with E-state index in [9.17, 15) is 19.1 Å². The van der Waals surface area contributed by atoms with E-state index in [2.05, 4.69) is 5.32 Å². The van der Waals surface area contributed by atoms with Crippen LogP contribution in [0.3, 0.4) is 0 Å². The van der Waals surface area contributed by atoms with Crippen molar-refractivity contribution in [2.24, 2.45) is 0 Å². The topological polar surface area (TPSA) is 89.3 Å². The maximum Gasteiger partial charge on any atom is 0.271 e. The van der Waals surface area contributed by atoms with Crippen LogP contribution in [0.2, 0.25) is 0 Å². The summed E-state index contributed by atoms with van der Waals surface area (Å²) < 4.78 is 11.3. The highest BCUT2D eigenvalue weighted by Crippen LogP contribution is 2.22. The Morgan fingerprint density at radius 2 is 1.82 bits per heavy atom. The number of nitro groups is 1. The minimum absolute atomic E-state index is 0.0855. The lowest BCUT2D eigenvalue weighted by Crippen LogP contribution is -2.13. The average Bonchev–Trinajstić information content (AvgIpc) is 2.49. The van der Waals surface area contributed by atoms with Gasteiger partial charge in [-0.25, -0.2) is 0 Å². The lowest BCUT2D eigenvalue weighted by atomic mass is 10.1. The van der Waals surface area contributed by atoms with Crippen LogP contribution < -0.4 is 5.32 Å². The molecule has 0 aromatic heterocycles. The van der Waals surface area contributed by atoms with E-state index in [1.165, 1.54) is 12.1 Å². The van der Waals surface area contributed by atoms with Crippen molar-refractivity contribution in [3.63, 3.8) is 0 Å². The van der Waals surface area contributed by atoms with Gasteiger partial charge in [-0.1, -0.05) is 6.07 Å². The molecule has 1 amide bonds. The van der Waals surface area contributed by atoms with Crippen LogP contribution in [0.25, 0.3) is 0 Å². The minimum atomic E-state index is -1.11. The van der Waals surface area contributed by atoms with Crippen molar-refractivity contribution in [1.82, 2.24) is 0 Å². The zero-order valence-corrected chi connectivity index (χ0v) is 12.8. The number of hydrogen-bond acceptors (Lipinski definition) is 4. The molecule has 2 aromatic rings. The van der Waals surface area contributed by atoms with E-state index in [0.717, 1.165) is 5.56 Å². The van der Waals surface area contributed by atoms with E-state index < -0.39 is 15.7 Å². The summed E-state index contributed by atoms with van der Waals surface area (Å²) in [6.45, 7) is 1.75. The number of carbonyl (C=O) groups excluding carboxylic acids is 1. The summed E-state index contributed by atoms with van der Waals surface area (Å²) in [6.07, 6.45) is 1.56. The van der Waals surface area contributed by atoms with Gasteiger partial charge in [-0.2, -0.15) is 0 Å². The quantitative estimate of drug-likeness (QED) is 0.693. The fourth-order valence-corrected chi connectivity index (χ4v) is 2.37. The summed E-state index contributed by atoms with van der Waals surface area (Å²) in [5, 5.41) is 13.4. The summed E-state index contributed by atoms with van der Waals surface area (Å²) >= 11 is 0. The number of amides is 1. The van der Waals surface area contributed by atoms with Crippen LogP contribution in [-0.2, 0) is 10.8 Å². The minimum Gasteiger partial charge on any atom is -0.321 e. The van der Waals surface area contributed by atoms with Crippen LogP contribution in [0, 0.1) is 17.0 Å². The molecule has 2 aromatic carbocycles. The Labute approximate surface area is 129 Å². The molecule has 7 heteroatoms.